The Labute approximate surface area is 118 Å². The molecule has 0 amide bonds. The van der Waals surface area contributed by atoms with Gasteiger partial charge in [-0.3, -0.25) is 0 Å². The molecular formula is C12H17N3O2S2. The molecule has 7 heteroatoms. The Morgan fingerprint density at radius 3 is 2.84 bits per heavy atom. The first-order valence-electron chi connectivity index (χ1n) is 6.11. The van der Waals surface area contributed by atoms with Crippen LogP contribution in [0.1, 0.15) is 17.7 Å². The zero-order valence-corrected chi connectivity index (χ0v) is 12.7. The van der Waals surface area contributed by atoms with E-state index in [4.69, 9.17) is 5.26 Å². The molecule has 0 saturated carbocycles. The number of thiophene rings is 1. The molecule has 0 aliphatic carbocycles. The number of rotatable bonds is 4. The first kappa shape index (κ1) is 14.5. The van der Waals surface area contributed by atoms with Gasteiger partial charge in [-0.15, -0.1) is 11.3 Å². The minimum absolute atomic E-state index is 0.0348. The lowest BCUT2D eigenvalue weighted by molar-refractivity contribution is 0.291. The SMILES string of the molecule is CN(C)CC1CCCN1S(=O)(=O)c1ccc(C#N)s1. The normalized spacial score (nSPS) is 20.8. The van der Waals surface area contributed by atoms with E-state index in [0.29, 0.717) is 11.4 Å². The number of hydrogen-bond donors (Lipinski definition) is 0. The van der Waals surface area contributed by atoms with E-state index < -0.39 is 10.0 Å². The topological polar surface area (TPSA) is 64.4 Å². The zero-order valence-electron chi connectivity index (χ0n) is 11.0. The van der Waals surface area contributed by atoms with Crippen LogP contribution in [0.2, 0.25) is 0 Å². The van der Waals surface area contributed by atoms with Gasteiger partial charge in [0.1, 0.15) is 15.2 Å². The van der Waals surface area contributed by atoms with Crippen LogP contribution in [-0.4, -0.2) is 50.8 Å². The minimum Gasteiger partial charge on any atom is -0.308 e. The Hall–Kier alpha value is -0.940. The van der Waals surface area contributed by atoms with Gasteiger partial charge in [0.2, 0.25) is 0 Å². The number of hydrogen-bond acceptors (Lipinski definition) is 5. The van der Waals surface area contributed by atoms with Crippen molar-refractivity contribution in [2.75, 3.05) is 27.2 Å². The molecule has 1 unspecified atom stereocenters. The summed E-state index contributed by atoms with van der Waals surface area (Å²) in [5, 5.41) is 8.80. The maximum Gasteiger partial charge on any atom is 0.252 e. The number of likely N-dealkylation sites (N-methyl/N-ethyl adjacent to an activating group) is 1. The third kappa shape index (κ3) is 2.98. The molecule has 0 spiro atoms. The standard InChI is InChI=1S/C12H17N3O2S2/c1-14(2)9-10-4-3-7-15(10)19(16,17)12-6-5-11(8-13)18-12/h5-6,10H,3-4,7,9H2,1-2H3. The Morgan fingerprint density at radius 1 is 1.53 bits per heavy atom. The van der Waals surface area contributed by atoms with Crippen molar-refractivity contribution in [3.05, 3.63) is 17.0 Å². The van der Waals surface area contributed by atoms with Crippen LogP contribution in [0, 0.1) is 11.3 Å². The lowest BCUT2D eigenvalue weighted by atomic mass is 10.2. The Balaban J connectivity index is 2.26. The highest BCUT2D eigenvalue weighted by Crippen LogP contribution is 2.30. The Morgan fingerprint density at radius 2 is 2.26 bits per heavy atom. The molecule has 1 aromatic rings. The van der Waals surface area contributed by atoms with Crippen LogP contribution in [0.15, 0.2) is 16.3 Å². The molecule has 1 aliphatic rings. The Bertz CT molecular complexity index is 586. The minimum atomic E-state index is -3.45. The van der Waals surface area contributed by atoms with Crippen molar-refractivity contribution in [1.82, 2.24) is 9.21 Å². The van der Waals surface area contributed by atoms with E-state index in [0.717, 1.165) is 30.7 Å². The summed E-state index contributed by atoms with van der Waals surface area (Å²) in [7, 11) is 0.444. The number of nitriles is 1. The van der Waals surface area contributed by atoms with Gasteiger partial charge in [-0.05, 0) is 39.1 Å². The average molecular weight is 299 g/mol. The monoisotopic (exact) mass is 299 g/mol. The lowest BCUT2D eigenvalue weighted by Crippen LogP contribution is -2.40. The lowest BCUT2D eigenvalue weighted by Gasteiger charge is -2.25. The van der Waals surface area contributed by atoms with Gasteiger partial charge in [0.15, 0.2) is 0 Å². The van der Waals surface area contributed by atoms with E-state index in [1.165, 1.54) is 6.07 Å². The summed E-state index contributed by atoms with van der Waals surface area (Å²) in [5.41, 5.74) is 0. The largest absolute Gasteiger partial charge is 0.308 e. The van der Waals surface area contributed by atoms with Crippen molar-refractivity contribution >= 4 is 21.4 Å². The molecule has 1 aromatic heterocycles. The van der Waals surface area contributed by atoms with Gasteiger partial charge in [-0.1, -0.05) is 0 Å². The first-order chi connectivity index (χ1) is 8.95. The summed E-state index contributed by atoms with van der Waals surface area (Å²) < 4.78 is 27.0. The average Bonchev–Trinajstić information content (AvgIpc) is 2.95. The predicted octanol–water partition coefficient (Wildman–Crippen LogP) is 1.33. The second kappa shape index (κ2) is 5.59. The fourth-order valence-electron chi connectivity index (χ4n) is 2.36. The zero-order chi connectivity index (χ0) is 14.0. The molecule has 0 aromatic carbocycles. The van der Waals surface area contributed by atoms with Crippen molar-refractivity contribution in [3.63, 3.8) is 0 Å². The molecule has 1 fully saturated rings. The summed E-state index contributed by atoms with van der Waals surface area (Å²) in [6, 6.07) is 5.11. The van der Waals surface area contributed by atoms with Gasteiger partial charge in [0.25, 0.3) is 10.0 Å². The van der Waals surface area contributed by atoms with Crippen LogP contribution in [0.5, 0.6) is 0 Å². The maximum absolute atomic E-state index is 12.6. The maximum atomic E-state index is 12.6. The van der Waals surface area contributed by atoms with Crippen LogP contribution in [-0.2, 0) is 10.0 Å². The summed E-state index contributed by atoms with van der Waals surface area (Å²) in [6.07, 6.45) is 1.79. The summed E-state index contributed by atoms with van der Waals surface area (Å²) >= 11 is 1.04. The quantitative estimate of drug-likeness (QED) is 0.841. The first-order valence-corrected chi connectivity index (χ1v) is 8.37. The molecule has 19 heavy (non-hydrogen) atoms. The fraction of sp³-hybridized carbons (Fsp3) is 0.583. The second-order valence-electron chi connectivity index (χ2n) is 4.90. The summed E-state index contributed by atoms with van der Waals surface area (Å²) in [5.74, 6) is 0. The van der Waals surface area contributed by atoms with Crippen molar-refractivity contribution in [2.45, 2.75) is 23.1 Å². The highest BCUT2D eigenvalue weighted by atomic mass is 32.2. The molecule has 1 atom stereocenters. The molecule has 1 aliphatic heterocycles. The molecule has 0 N–H and O–H groups in total. The molecule has 1 saturated heterocycles. The van der Waals surface area contributed by atoms with E-state index in [-0.39, 0.29) is 10.3 Å². The summed E-state index contributed by atoms with van der Waals surface area (Å²) in [4.78, 5) is 2.44. The van der Waals surface area contributed by atoms with E-state index in [9.17, 15) is 8.42 Å². The smallest absolute Gasteiger partial charge is 0.252 e. The van der Waals surface area contributed by atoms with Gasteiger partial charge < -0.3 is 4.90 Å². The molecular weight excluding hydrogens is 282 g/mol. The number of sulfonamides is 1. The van der Waals surface area contributed by atoms with Crippen LogP contribution in [0.3, 0.4) is 0 Å². The van der Waals surface area contributed by atoms with Crippen LogP contribution < -0.4 is 0 Å². The highest BCUT2D eigenvalue weighted by molar-refractivity contribution is 7.91. The van der Waals surface area contributed by atoms with Gasteiger partial charge in [0.05, 0.1) is 0 Å². The van der Waals surface area contributed by atoms with E-state index >= 15 is 0 Å². The molecule has 2 heterocycles. The van der Waals surface area contributed by atoms with Crippen molar-refractivity contribution in [1.29, 1.82) is 5.26 Å². The Kier molecular flexibility index (Phi) is 4.26. The third-order valence-electron chi connectivity index (χ3n) is 3.15. The van der Waals surface area contributed by atoms with Crippen LogP contribution in [0.25, 0.3) is 0 Å². The predicted molar refractivity (Wildman–Crippen MR) is 74.5 cm³/mol. The third-order valence-corrected chi connectivity index (χ3v) is 6.56. The van der Waals surface area contributed by atoms with Gasteiger partial charge in [-0.25, -0.2) is 8.42 Å². The fourth-order valence-corrected chi connectivity index (χ4v) is 5.28. The molecule has 104 valence electrons. The molecule has 0 bridgehead atoms. The molecule has 5 nitrogen and oxygen atoms in total. The number of nitrogens with zero attached hydrogens (tertiary/aromatic N) is 3. The van der Waals surface area contributed by atoms with Crippen molar-refractivity contribution in [2.24, 2.45) is 0 Å². The van der Waals surface area contributed by atoms with Gasteiger partial charge in [0, 0.05) is 19.1 Å². The molecule has 0 radical (unpaired) electrons. The van der Waals surface area contributed by atoms with E-state index in [1.54, 1.807) is 10.4 Å². The van der Waals surface area contributed by atoms with Crippen LogP contribution >= 0.6 is 11.3 Å². The van der Waals surface area contributed by atoms with Crippen molar-refractivity contribution in [3.8, 4) is 6.07 Å². The van der Waals surface area contributed by atoms with Gasteiger partial charge in [-0.2, -0.15) is 9.57 Å². The van der Waals surface area contributed by atoms with E-state index in [2.05, 4.69) is 0 Å². The van der Waals surface area contributed by atoms with Crippen LogP contribution in [0.4, 0.5) is 0 Å². The van der Waals surface area contributed by atoms with Crippen molar-refractivity contribution < 1.29 is 8.42 Å². The second-order valence-corrected chi connectivity index (χ2v) is 8.11. The van der Waals surface area contributed by atoms with Gasteiger partial charge >= 0.3 is 0 Å². The summed E-state index contributed by atoms with van der Waals surface area (Å²) in [6.45, 7) is 1.30. The van der Waals surface area contributed by atoms with E-state index in [1.807, 2.05) is 25.1 Å². The highest BCUT2D eigenvalue weighted by Gasteiger charge is 2.36. The molecule has 2 rings (SSSR count).